The van der Waals surface area contributed by atoms with E-state index in [0.29, 0.717) is 0 Å². The summed E-state index contributed by atoms with van der Waals surface area (Å²) >= 11 is 0. The van der Waals surface area contributed by atoms with Gasteiger partial charge in [0.1, 0.15) is 42.0 Å². The number of carbonyl (C=O) groups excluding carboxylic acids is 8. The number of aryl methyl sites for hydroxylation is 1. The van der Waals surface area contributed by atoms with E-state index in [0.717, 1.165) is 41.5 Å². The van der Waals surface area contributed by atoms with Gasteiger partial charge in [0, 0.05) is 40.8 Å². The molecule has 0 unspecified atom stereocenters. The summed E-state index contributed by atoms with van der Waals surface area (Å²) in [6.45, 7) is 7.16. The first-order valence-corrected chi connectivity index (χ1v) is 19.9. The van der Waals surface area contributed by atoms with Crippen LogP contribution in [0.1, 0.15) is 88.2 Å². The largest absolute Gasteiger partial charge is 0.465 e. The van der Waals surface area contributed by atoms with Crippen LogP contribution in [0, 0.1) is 17.3 Å². The van der Waals surface area contributed by atoms with Crippen LogP contribution in [0.3, 0.4) is 0 Å². The van der Waals surface area contributed by atoms with Crippen molar-refractivity contribution in [1.29, 1.82) is 0 Å². The lowest BCUT2D eigenvalue weighted by molar-refractivity contribution is -0.386. The van der Waals surface area contributed by atoms with Crippen molar-refractivity contribution in [3.63, 3.8) is 0 Å². The lowest BCUT2D eigenvalue weighted by atomic mass is 9.45. The molecule has 1 spiro atoms. The first kappa shape index (κ1) is 45.6. The molecule has 1 aromatic heterocycles. The maximum Gasteiger partial charge on any atom is 0.340 e. The van der Waals surface area contributed by atoms with E-state index in [2.05, 4.69) is 4.98 Å². The Balaban J connectivity index is 1.77. The third-order valence-corrected chi connectivity index (χ3v) is 12.1. The molecule has 3 heterocycles. The molecule has 2 aromatic rings. The fourth-order valence-electron chi connectivity index (χ4n) is 9.73. The summed E-state index contributed by atoms with van der Waals surface area (Å²) in [7, 11) is 0. The zero-order valence-electron chi connectivity index (χ0n) is 35.4. The van der Waals surface area contributed by atoms with Gasteiger partial charge in [-0.2, -0.15) is 0 Å². The van der Waals surface area contributed by atoms with Gasteiger partial charge in [-0.15, -0.1) is 0 Å². The fourth-order valence-corrected chi connectivity index (χ4v) is 9.73. The molecule has 3 fully saturated rings. The van der Waals surface area contributed by atoms with E-state index in [9.17, 15) is 43.5 Å². The van der Waals surface area contributed by atoms with Crippen LogP contribution in [0.2, 0.25) is 0 Å². The highest BCUT2D eigenvalue weighted by molar-refractivity contribution is 5.91. The Bertz CT molecular complexity index is 2140. The lowest BCUT2D eigenvalue weighted by Gasteiger charge is -2.67. The third kappa shape index (κ3) is 7.76. The number of cyclic esters (lactones) is 1. The molecule has 2 aliphatic carbocycles. The number of ether oxygens (including phenoxy) is 9. The average Bonchev–Trinajstić information content (AvgIpc) is 3.41. The number of pyridine rings is 1. The van der Waals surface area contributed by atoms with Gasteiger partial charge < -0.3 is 47.7 Å². The van der Waals surface area contributed by atoms with E-state index in [4.69, 9.17) is 42.6 Å². The van der Waals surface area contributed by atoms with Crippen molar-refractivity contribution < 1.29 is 86.1 Å². The minimum Gasteiger partial charge on any atom is -0.465 e. The Labute approximate surface area is 355 Å². The highest BCUT2D eigenvalue weighted by Gasteiger charge is 2.92. The predicted molar refractivity (Wildman–Crippen MR) is 205 cm³/mol. The van der Waals surface area contributed by atoms with Crippen LogP contribution >= 0.6 is 0 Å². The second kappa shape index (κ2) is 17.1. The summed E-state index contributed by atoms with van der Waals surface area (Å²) in [6, 6.07) is 10.4. The van der Waals surface area contributed by atoms with Crippen LogP contribution < -0.4 is 0 Å². The first-order chi connectivity index (χ1) is 29.1. The van der Waals surface area contributed by atoms with E-state index < -0.39 is 132 Å². The summed E-state index contributed by atoms with van der Waals surface area (Å²) < 4.78 is 55.3. The highest BCUT2D eigenvalue weighted by atomic mass is 16.7. The van der Waals surface area contributed by atoms with Crippen molar-refractivity contribution in [3.05, 3.63) is 65.5 Å². The number of esters is 8. The normalized spacial score (nSPS) is 35.0. The molecule has 12 atom stereocenters. The maximum atomic E-state index is 14.4. The molecule has 19 nitrogen and oxygen atoms in total. The van der Waals surface area contributed by atoms with Gasteiger partial charge in [0.25, 0.3) is 0 Å². The van der Waals surface area contributed by atoms with E-state index in [1.807, 2.05) is 0 Å². The summed E-state index contributed by atoms with van der Waals surface area (Å²) in [5.41, 5.74) is -10.1. The van der Waals surface area contributed by atoms with E-state index in [1.165, 1.54) is 56.4 Å². The van der Waals surface area contributed by atoms with Crippen LogP contribution in [0.5, 0.6) is 0 Å². The molecule has 62 heavy (non-hydrogen) atoms. The molecule has 6 rings (SSSR count). The molecule has 19 heteroatoms. The minimum atomic E-state index is -2.86. The number of hydrogen-bond acceptors (Lipinski definition) is 19. The second-order valence-electron chi connectivity index (χ2n) is 16.4. The lowest BCUT2D eigenvalue weighted by Crippen LogP contribution is -2.89. The molecular weight excluding hydrogens is 818 g/mol. The van der Waals surface area contributed by atoms with Crippen LogP contribution in [-0.2, 0) is 77.8 Å². The van der Waals surface area contributed by atoms with Crippen molar-refractivity contribution >= 4 is 47.8 Å². The molecule has 4 aliphatic rings. The van der Waals surface area contributed by atoms with Crippen LogP contribution in [-0.4, -0.2) is 124 Å². The van der Waals surface area contributed by atoms with Crippen LogP contribution in [0.25, 0.3) is 0 Å². The van der Waals surface area contributed by atoms with Crippen molar-refractivity contribution in [2.45, 2.75) is 122 Å². The third-order valence-electron chi connectivity index (χ3n) is 12.1. The summed E-state index contributed by atoms with van der Waals surface area (Å²) in [5.74, 6) is -10.7. The highest BCUT2D eigenvalue weighted by Crippen LogP contribution is 2.70. The molecule has 0 radical (unpaired) electrons. The number of aromatic nitrogens is 1. The zero-order chi connectivity index (χ0) is 45.5. The monoisotopic (exact) mass is 867 g/mol. The Hall–Kier alpha value is -5.95. The molecule has 1 saturated heterocycles. The number of benzene rings is 1. The smallest absolute Gasteiger partial charge is 0.340 e. The van der Waals surface area contributed by atoms with Crippen LogP contribution in [0.4, 0.5) is 0 Å². The molecule has 2 aliphatic heterocycles. The van der Waals surface area contributed by atoms with Crippen molar-refractivity contribution in [1.82, 2.24) is 4.98 Å². The van der Waals surface area contributed by atoms with Gasteiger partial charge in [0.15, 0.2) is 30.0 Å². The molecule has 4 bridgehead atoms. The van der Waals surface area contributed by atoms with Crippen molar-refractivity contribution in [2.24, 2.45) is 17.3 Å². The van der Waals surface area contributed by atoms with Gasteiger partial charge in [0.05, 0.1) is 28.7 Å². The van der Waals surface area contributed by atoms with Crippen molar-refractivity contribution in [2.75, 3.05) is 13.2 Å². The molecule has 334 valence electrons. The number of carbonyl (C=O) groups is 8. The Morgan fingerprint density at radius 2 is 1.37 bits per heavy atom. The molecule has 1 N–H and O–H groups in total. The van der Waals surface area contributed by atoms with E-state index in [-0.39, 0.29) is 29.7 Å². The van der Waals surface area contributed by atoms with Gasteiger partial charge in [-0.05, 0) is 51.0 Å². The number of aliphatic hydroxyl groups is 1. The number of fused-ring (bicyclic) bond motifs is 5. The molecule has 0 amide bonds. The van der Waals surface area contributed by atoms with Gasteiger partial charge in [-0.3, -0.25) is 33.8 Å². The molecular formula is C43H49NO18. The van der Waals surface area contributed by atoms with Crippen molar-refractivity contribution in [3.8, 4) is 0 Å². The minimum absolute atomic E-state index is 0.0225. The van der Waals surface area contributed by atoms with E-state index in [1.54, 1.807) is 6.07 Å². The Kier molecular flexibility index (Phi) is 12.6. The number of hydrogen-bond donors (Lipinski definition) is 1. The SMILES string of the molecule is CC(=O)OC[C@]12[C@H](OC(C)=O)[C@H](OC(C)=O)[C@H]3[C@H](OC(C)=O)[C@@]14O[C@@]3(C)COC(=O)c1cccnc1CC[C@H](C)C(=O)O[C@@H]([C@H](OC(=O)c1ccccc1)[C@H]2OC(C)=O)[C@]4(C)O. The van der Waals surface area contributed by atoms with Crippen LogP contribution in [0.15, 0.2) is 48.7 Å². The van der Waals surface area contributed by atoms with Gasteiger partial charge >= 0.3 is 47.8 Å². The van der Waals surface area contributed by atoms with Gasteiger partial charge in [0.2, 0.25) is 0 Å². The summed E-state index contributed by atoms with van der Waals surface area (Å²) in [6.07, 6.45) is -10.6. The maximum absolute atomic E-state index is 14.4. The summed E-state index contributed by atoms with van der Waals surface area (Å²) in [4.78, 5) is 113. The van der Waals surface area contributed by atoms with E-state index >= 15 is 0 Å². The fraction of sp³-hybridized carbons (Fsp3) is 0.558. The topological polar surface area (TPSA) is 253 Å². The van der Waals surface area contributed by atoms with Gasteiger partial charge in [-0.25, -0.2) is 9.59 Å². The van der Waals surface area contributed by atoms with Gasteiger partial charge in [-0.1, -0.05) is 25.1 Å². The first-order valence-electron chi connectivity index (χ1n) is 19.9. The summed E-state index contributed by atoms with van der Waals surface area (Å²) in [5, 5.41) is 13.6. The predicted octanol–water partition coefficient (Wildman–Crippen LogP) is 2.16. The Morgan fingerprint density at radius 1 is 0.774 bits per heavy atom. The Morgan fingerprint density at radius 3 is 1.97 bits per heavy atom. The quantitative estimate of drug-likeness (QED) is 0.295. The number of rotatable bonds is 8. The zero-order valence-corrected chi connectivity index (χ0v) is 35.4. The molecule has 2 saturated carbocycles. The number of nitrogens with zero attached hydrogens (tertiary/aromatic N) is 1. The average molecular weight is 868 g/mol. The second-order valence-corrected chi connectivity index (χ2v) is 16.4. The molecule has 1 aromatic carbocycles. The standard InChI is InChI=1S/C43H49NO18/c1-21-16-17-29-28(15-12-18-44-29)39(52)55-19-40(7)30-31(56-23(3)46)35(58-25(5)48)42(20-54-22(2)45)36(59-26(6)49)32(60-38(51)27-13-10-9-11-14-27)34(61-37(21)50)41(8,53)43(42,62-40)33(30)57-24(4)47/h9-15,18,21,30-36,53H,16-17,19-20H2,1-8H3/t21-,30-,31+,32-,33-,34-,35+,36+,40-,41-,42+,43-/m0/s1.